The highest BCUT2D eigenvalue weighted by Crippen LogP contribution is 2.40. The molecule has 0 unspecified atom stereocenters. The van der Waals surface area contributed by atoms with E-state index in [1.165, 1.54) is 5.39 Å². The van der Waals surface area contributed by atoms with Crippen molar-refractivity contribution in [1.82, 2.24) is 0 Å². The van der Waals surface area contributed by atoms with Crippen LogP contribution in [-0.2, 0) is 0 Å². The predicted molar refractivity (Wildman–Crippen MR) is 137 cm³/mol. The van der Waals surface area contributed by atoms with Gasteiger partial charge in [-0.15, -0.1) is 0 Å². The van der Waals surface area contributed by atoms with Gasteiger partial charge in [0.05, 0.1) is 25.6 Å². The fourth-order valence-electron chi connectivity index (χ4n) is 3.69. The largest absolute Gasteiger partial charge is 0.507 e. The van der Waals surface area contributed by atoms with Gasteiger partial charge in [0.25, 0.3) is 0 Å². The topological polar surface area (TPSA) is 38.7 Å². The summed E-state index contributed by atoms with van der Waals surface area (Å²) >= 11 is 10.8. The Morgan fingerprint density at radius 3 is 1.94 bits per heavy atom. The van der Waals surface area contributed by atoms with E-state index in [0.717, 1.165) is 43.0 Å². The van der Waals surface area contributed by atoms with Gasteiger partial charge in [0.2, 0.25) is 0 Å². The van der Waals surface area contributed by atoms with Gasteiger partial charge in [-0.25, -0.2) is 0 Å². The second-order valence-electron chi connectivity index (χ2n) is 7.56. The van der Waals surface area contributed by atoms with Crippen LogP contribution in [0.1, 0.15) is 20.3 Å². The number of hydrogen-bond donors (Lipinski definition) is 1. The molecule has 0 spiro atoms. The summed E-state index contributed by atoms with van der Waals surface area (Å²) in [4.78, 5) is 0. The van der Waals surface area contributed by atoms with Crippen molar-refractivity contribution in [2.75, 3.05) is 0 Å². The van der Waals surface area contributed by atoms with Crippen molar-refractivity contribution in [2.45, 2.75) is 32.5 Å². The molecule has 0 saturated carbocycles. The van der Waals surface area contributed by atoms with Crippen molar-refractivity contribution in [2.24, 2.45) is 0 Å². The fraction of sp³-hybridized carbons (Fsp3) is 0.200. The Hall–Kier alpha value is -1.76. The molecule has 0 saturated heterocycles. The Morgan fingerprint density at radius 1 is 0.677 bits per heavy atom. The predicted octanol–water partition coefficient (Wildman–Crippen LogP) is 8.61. The van der Waals surface area contributed by atoms with Gasteiger partial charge in [-0.3, -0.25) is 0 Å². The summed E-state index contributed by atoms with van der Waals surface area (Å²) in [5.41, 5.74) is 0. The molecule has 160 valence electrons. The normalized spacial score (nSPS) is 13.3. The zero-order valence-corrected chi connectivity index (χ0v) is 21.8. The number of halogens is 3. The summed E-state index contributed by atoms with van der Waals surface area (Å²) in [5, 5.41) is 14.1. The molecule has 0 aromatic heterocycles. The molecule has 0 heterocycles. The lowest BCUT2D eigenvalue weighted by molar-refractivity contribution is 0.130. The molecule has 0 amide bonds. The minimum atomic E-state index is -0.0523. The maximum absolute atomic E-state index is 9.91. The van der Waals surface area contributed by atoms with Crippen molar-refractivity contribution >= 4 is 69.3 Å². The van der Waals surface area contributed by atoms with Gasteiger partial charge >= 0.3 is 0 Å². The number of benzene rings is 4. The van der Waals surface area contributed by atoms with Gasteiger partial charge < -0.3 is 14.6 Å². The van der Waals surface area contributed by atoms with Crippen LogP contribution in [0.4, 0.5) is 0 Å². The molecule has 31 heavy (non-hydrogen) atoms. The molecule has 4 aromatic rings. The van der Waals surface area contributed by atoms with Crippen LogP contribution in [0.2, 0.25) is 0 Å². The number of fused-ring (bicyclic) bond motifs is 2. The summed E-state index contributed by atoms with van der Waals surface area (Å²) in [6, 6.07) is 19.7. The Balaban J connectivity index is 1.46. The first-order valence-corrected chi connectivity index (χ1v) is 12.3. The third-order valence-electron chi connectivity index (χ3n) is 5.16. The first kappa shape index (κ1) is 22.4. The second kappa shape index (κ2) is 9.39. The lowest BCUT2D eigenvalue weighted by atomic mass is 10.1. The molecule has 1 N–H and O–H groups in total. The highest BCUT2D eigenvalue weighted by molar-refractivity contribution is 9.11. The van der Waals surface area contributed by atoms with E-state index in [-0.39, 0.29) is 18.0 Å². The molecular formula is C25H21Br3O3. The molecule has 0 aliphatic rings. The Kier molecular flexibility index (Phi) is 6.80. The Morgan fingerprint density at radius 2 is 1.23 bits per heavy atom. The van der Waals surface area contributed by atoms with Crippen molar-refractivity contribution in [3.8, 4) is 17.2 Å². The molecule has 0 aliphatic carbocycles. The zero-order valence-electron chi connectivity index (χ0n) is 17.0. The second-order valence-corrected chi connectivity index (χ2v) is 9.94. The van der Waals surface area contributed by atoms with E-state index in [4.69, 9.17) is 9.47 Å². The van der Waals surface area contributed by atoms with Gasteiger partial charge in [0.15, 0.2) is 0 Å². The number of hydrogen-bond acceptors (Lipinski definition) is 3. The zero-order chi connectivity index (χ0) is 22.1. The van der Waals surface area contributed by atoms with Crippen molar-refractivity contribution in [3.05, 3.63) is 74.1 Å². The lowest BCUT2D eigenvalue weighted by Crippen LogP contribution is -2.23. The molecular weight excluding hydrogens is 588 g/mol. The van der Waals surface area contributed by atoms with E-state index in [1.54, 1.807) is 6.07 Å². The number of aromatic hydroxyl groups is 1. The van der Waals surface area contributed by atoms with E-state index < -0.39 is 0 Å². The minimum Gasteiger partial charge on any atom is -0.507 e. The van der Waals surface area contributed by atoms with Gasteiger partial charge in [0.1, 0.15) is 17.2 Å². The minimum absolute atomic E-state index is 0.0298. The van der Waals surface area contributed by atoms with Crippen molar-refractivity contribution in [3.63, 3.8) is 0 Å². The number of ether oxygens (including phenoxy) is 2. The molecule has 4 aromatic carbocycles. The van der Waals surface area contributed by atoms with Crippen LogP contribution >= 0.6 is 47.8 Å². The monoisotopic (exact) mass is 606 g/mol. The summed E-state index contributed by atoms with van der Waals surface area (Å²) in [7, 11) is 0. The van der Waals surface area contributed by atoms with Crippen LogP contribution in [0.3, 0.4) is 0 Å². The SMILES string of the molecule is C[C@@H](C[C@H](C)Oc1ccc2c(Br)c(O)ccc2c1Br)Oc1ccc2ccccc2c1Br. The molecule has 0 bridgehead atoms. The number of phenols is 1. The average molecular weight is 609 g/mol. The lowest BCUT2D eigenvalue weighted by Gasteiger charge is -2.22. The standard InChI is InChI=1S/C25H21Br3O3/c1-14(30-21-11-7-16-5-3-4-6-17(16)24(21)27)13-15(2)31-22-12-9-18-19(25(22)28)8-10-20(29)23(18)26/h3-12,14-15,29H,13H2,1-2H3/t14-,15-/m0/s1. The molecule has 0 fully saturated rings. The van der Waals surface area contributed by atoms with Crippen molar-refractivity contribution < 1.29 is 14.6 Å². The molecule has 3 nitrogen and oxygen atoms in total. The maximum Gasteiger partial charge on any atom is 0.134 e. The Bertz CT molecular complexity index is 1260. The molecule has 0 aliphatic heterocycles. The summed E-state index contributed by atoms with van der Waals surface area (Å²) < 4.78 is 14.9. The maximum atomic E-state index is 9.91. The third kappa shape index (κ3) is 4.71. The van der Waals surface area contributed by atoms with E-state index >= 15 is 0 Å². The first-order chi connectivity index (χ1) is 14.8. The Labute approximate surface area is 206 Å². The van der Waals surface area contributed by atoms with E-state index in [9.17, 15) is 5.11 Å². The summed E-state index contributed by atoms with van der Waals surface area (Å²) in [5.74, 6) is 1.80. The molecule has 2 atom stereocenters. The average Bonchev–Trinajstić information content (AvgIpc) is 2.75. The van der Waals surface area contributed by atoms with Crippen LogP contribution in [0.15, 0.2) is 74.1 Å². The van der Waals surface area contributed by atoms with Crippen LogP contribution in [0.5, 0.6) is 17.2 Å². The quantitative estimate of drug-likeness (QED) is 0.238. The molecule has 4 rings (SSSR count). The van der Waals surface area contributed by atoms with Gasteiger partial charge in [-0.1, -0.05) is 30.3 Å². The first-order valence-electron chi connectivity index (χ1n) is 9.95. The van der Waals surface area contributed by atoms with Crippen LogP contribution in [0.25, 0.3) is 21.5 Å². The van der Waals surface area contributed by atoms with Crippen LogP contribution < -0.4 is 9.47 Å². The summed E-state index contributed by atoms with van der Waals surface area (Å²) in [6.45, 7) is 4.09. The van der Waals surface area contributed by atoms with E-state index in [2.05, 4.69) is 72.9 Å². The number of phenolic OH excluding ortho intramolecular Hbond substituents is 1. The highest BCUT2D eigenvalue weighted by atomic mass is 79.9. The third-order valence-corrected chi connectivity index (χ3v) is 7.63. The molecule has 6 heteroatoms. The van der Waals surface area contributed by atoms with Gasteiger partial charge in [-0.2, -0.15) is 0 Å². The van der Waals surface area contributed by atoms with Crippen molar-refractivity contribution in [1.29, 1.82) is 0 Å². The fourth-order valence-corrected chi connectivity index (χ4v) is 5.33. The smallest absolute Gasteiger partial charge is 0.134 e. The van der Waals surface area contributed by atoms with E-state index in [0.29, 0.717) is 4.47 Å². The van der Waals surface area contributed by atoms with Gasteiger partial charge in [-0.05, 0) is 103 Å². The van der Waals surface area contributed by atoms with Gasteiger partial charge in [0, 0.05) is 17.2 Å². The molecule has 0 radical (unpaired) electrons. The highest BCUT2D eigenvalue weighted by Gasteiger charge is 2.17. The number of rotatable bonds is 6. The van der Waals surface area contributed by atoms with E-state index in [1.807, 2.05) is 43.3 Å². The summed E-state index contributed by atoms with van der Waals surface area (Å²) in [6.07, 6.45) is 0.643. The van der Waals surface area contributed by atoms with Crippen LogP contribution in [-0.4, -0.2) is 17.3 Å². The van der Waals surface area contributed by atoms with Crippen LogP contribution in [0, 0.1) is 0 Å².